The first-order chi connectivity index (χ1) is 13.4. The van der Waals surface area contributed by atoms with E-state index < -0.39 is 6.10 Å². The number of nitrogens with zero attached hydrogens (tertiary/aromatic N) is 1. The predicted molar refractivity (Wildman–Crippen MR) is 107 cm³/mol. The standard InChI is InChI=1S/C22H26N2O4/c1-15(2)21(25)23-18-9-10-20-17(13-18)14-24(22(26)16(3)28-20)11-12-27-19-7-5-4-6-8-19/h4-10,13,15-16H,11-12,14H2,1-3H3,(H,23,25). The predicted octanol–water partition coefficient (Wildman–Crippen LogP) is 3.47. The summed E-state index contributed by atoms with van der Waals surface area (Å²) in [5.74, 6) is 1.19. The van der Waals surface area contributed by atoms with Gasteiger partial charge in [-0.25, -0.2) is 0 Å². The Bertz CT molecular complexity index is 836. The molecule has 2 aromatic carbocycles. The second-order valence-electron chi connectivity index (χ2n) is 7.15. The lowest BCUT2D eigenvalue weighted by atomic mass is 10.1. The molecule has 2 aromatic rings. The second kappa shape index (κ2) is 8.78. The largest absolute Gasteiger partial charge is 0.492 e. The van der Waals surface area contributed by atoms with Gasteiger partial charge >= 0.3 is 0 Å². The van der Waals surface area contributed by atoms with E-state index in [-0.39, 0.29) is 17.7 Å². The maximum absolute atomic E-state index is 12.7. The molecule has 0 aliphatic carbocycles. The number of anilines is 1. The topological polar surface area (TPSA) is 67.9 Å². The fourth-order valence-electron chi connectivity index (χ4n) is 2.94. The van der Waals surface area contributed by atoms with Crippen molar-refractivity contribution < 1.29 is 19.1 Å². The van der Waals surface area contributed by atoms with Gasteiger partial charge in [0.15, 0.2) is 6.10 Å². The minimum atomic E-state index is -0.575. The van der Waals surface area contributed by atoms with Gasteiger partial charge in [-0.15, -0.1) is 0 Å². The van der Waals surface area contributed by atoms with Crippen LogP contribution in [0.1, 0.15) is 26.3 Å². The van der Waals surface area contributed by atoms with Gasteiger partial charge in [0, 0.05) is 23.7 Å². The number of para-hydroxylation sites is 1. The molecule has 0 spiro atoms. The maximum Gasteiger partial charge on any atom is 0.263 e. The van der Waals surface area contributed by atoms with Crippen LogP contribution in [0.15, 0.2) is 48.5 Å². The van der Waals surface area contributed by atoms with Crippen molar-refractivity contribution in [3.8, 4) is 11.5 Å². The first-order valence-corrected chi connectivity index (χ1v) is 9.51. The van der Waals surface area contributed by atoms with E-state index in [1.165, 1.54) is 0 Å². The normalized spacial score (nSPS) is 16.2. The maximum atomic E-state index is 12.7. The van der Waals surface area contributed by atoms with Crippen molar-refractivity contribution in [3.63, 3.8) is 0 Å². The van der Waals surface area contributed by atoms with Gasteiger partial charge < -0.3 is 19.7 Å². The Hall–Kier alpha value is -3.02. The van der Waals surface area contributed by atoms with Crippen LogP contribution in [0.2, 0.25) is 0 Å². The molecule has 2 amide bonds. The number of benzene rings is 2. The first kappa shape index (κ1) is 19.7. The van der Waals surface area contributed by atoms with Crippen LogP contribution in [-0.2, 0) is 16.1 Å². The Morgan fingerprint density at radius 1 is 1.25 bits per heavy atom. The molecular formula is C22H26N2O4. The Balaban J connectivity index is 1.71. The second-order valence-corrected chi connectivity index (χ2v) is 7.15. The number of fused-ring (bicyclic) bond motifs is 1. The van der Waals surface area contributed by atoms with Crippen molar-refractivity contribution in [1.82, 2.24) is 4.90 Å². The molecule has 0 radical (unpaired) electrons. The number of hydrogen-bond acceptors (Lipinski definition) is 4. The molecule has 1 unspecified atom stereocenters. The van der Waals surface area contributed by atoms with Crippen LogP contribution < -0.4 is 14.8 Å². The summed E-state index contributed by atoms with van der Waals surface area (Å²) in [6.45, 7) is 6.68. The summed E-state index contributed by atoms with van der Waals surface area (Å²) in [6.07, 6.45) is -0.575. The van der Waals surface area contributed by atoms with E-state index in [4.69, 9.17) is 9.47 Å². The van der Waals surface area contributed by atoms with Crippen molar-refractivity contribution in [3.05, 3.63) is 54.1 Å². The Morgan fingerprint density at radius 2 is 2.00 bits per heavy atom. The quantitative estimate of drug-likeness (QED) is 0.831. The van der Waals surface area contributed by atoms with E-state index in [0.29, 0.717) is 31.1 Å². The summed E-state index contributed by atoms with van der Waals surface area (Å²) in [4.78, 5) is 26.4. The van der Waals surface area contributed by atoms with Gasteiger partial charge in [0.25, 0.3) is 5.91 Å². The van der Waals surface area contributed by atoms with Crippen molar-refractivity contribution >= 4 is 17.5 Å². The molecule has 0 fully saturated rings. The van der Waals surface area contributed by atoms with Crippen LogP contribution >= 0.6 is 0 Å². The summed E-state index contributed by atoms with van der Waals surface area (Å²) >= 11 is 0. The lowest BCUT2D eigenvalue weighted by molar-refractivity contribution is -0.138. The molecule has 1 aliphatic heterocycles. The molecule has 0 aromatic heterocycles. The minimum Gasteiger partial charge on any atom is -0.492 e. The molecule has 0 saturated carbocycles. The molecule has 148 valence electrons. The molecule has 3 rings (SSSR count). The number of carbonyl (C=O) groups excluding carboxylic acids is 2. The number of amides is 2. The van der Waals surface area contributed by atoms with E-state index in [2.05, 4.69) is 5.32 Å². The third-order valence-corrected chi connectivity index (χ3v) is 4.55. The van der Waals surface area contributed by atoms with Crippen LogP contribution in [0.5, 0.6) is 11.5 Å². The number of ether oxygens (including phenoxy) is 2. The Labute approximate surface area is 165 Å². The molecule has 0 bridgehead atoms. The van der Waals surface area contributed by atoms with Gasteiger partial charge in [-0.2, -0.15) is 0 Å². The Kier molecular flexibility index (Phi) is 6.19. The van der Waals surface area contributed by atoms with Gasteiger partial charge in [-0.05, 0) is 37.3 Å². The number of hydrogen-bond donors (Lipinski definition) is 1. The van der Waals surface area contributed by atoms with Crippen molar-refractivity contribution in [2.24, 2.45) is 5.92 Å². The monoisotopic (exact) mass is 382 g/mol. The summed E-state index contributed by atoms with van der Waals surface area (Å²) in [6, 6.07) is 15.0. The van der Waals surface area contributed by atoms with Crippen LogP contribution in [-0.4, -0.2) is 36.0 Å². The molecule has 6 heteroatoms. The van der Waals surface area contributed by atoms with Crippen molar-refractivity contribution in [2.45, 2.75) is 33.4 Å². The lowest BCUT2D eigenvalue weighted by Gasteiger charge is -2.22. The fraction of sp³-hybridized carbons (Fsp3) is 0.364. The van der Waals surface area contributed by atoms with E-state index in [1.54, 1.807) is 24.0 Å². The highest BCUT2D eigenvalue weighted by molar-refractivity contribution is 5.92. The van der Waals surface area contributed by atoms with Gasteiger partial charge in [-0.3, -0.25) is 9.59 Å². The summed E-state index contributed by atoms with van der Waals surface area (Å²) in [5.41, 5.74) is 1.56. The van der Waals surface area contributed by atoms with Crippen LogP contribution in [0.3, 0.4) is 0 Å². The highest BCUT2D eigenvalue weighted by atomic mass is 16.5. The number of rotatable bonds is 6. The zero-order valence-electron chi connectivity index (χ0n) is 16.5. The lowest BCUT2D eigenvalue weighted by Crippen LogP contribution is -2.40. The Morgan fingerprint density at radius 3 is 2.71 bits per heavy atom. The highest BCUT2D eigenvalue weighted by Gasteiger charge is 2.28. The molecule has 6 nitrogen and oxygen atoms in total. The third kappa shape index (κ3) is 4.82. The van der Waals surface area contributed by atoms with Crippen LogP contribution in [0, 0.1) is 5.92 Å². The average molecular weight is 382 g/mol. The van der Waals surface area contributed by atoms with Gasteiger partial charge in [0.1, 0.15) is 18.1 Å². The van der Waals surface area contributed by atoms with Crippen LogP contribution in [0.4, 0.5) is 5.69 Å². The molecule has 1 atom stereocenters. The fourth-order valence-corrected chi connectivity index (χ4v) is 2.94. The average Bonchev–Trinajstić information content (AvgIpc) is 2.79. The van der Waals surface area contributed by atoms with Crippen molar-refractivity contribution in [2.75, 3.05) is 18.5 Å². The van der Waals surface area contributed by atoms with E-state index in [1.807, 2.05) is 50.2 Å². The molecular weight excluding hydrogens is 356 g/mol. The van der Waals surface area contributed by atoms with Gasteiger partial charge in [0.05, 0.1) is 6.54 Å². The minimum absolute atomic E-state index is 0.0490. The molecule has 0 saturated heterocycles. The summed E-state index contributed by atoms with van der Waals surface area (Å²) in [5, 5.41) is 2.89. The molecule has 1 heterocycles. The molecule has 1 aliphatic rings. The van der Waals surface area contributed by atoms with E-state index >= 15 is 0 Å². The summed E-state index contributed by atoms with van der Waals surface area (Å²) in [7, 11) is 0. The summed E-state index contributed by atoms with van der Waals surface area (Å²) < 4.78 is 11.6. The van der Waals surface area contributed by atoms with E-state index in [9.17, 15) is 9.59 Å². The third-order valence-electron chi connectivity index (χ3n) is 4.55. The highest BCUT2D eigenvalue weighted by Crippen LogP contribution is 2.28. The van der Waals surface area contributed by atoms with Crippen molar-refractivity contribution in [1.29, 1.82) is 0 Å². The van der Waals surface area contributed by atoms with E-state index in [0.717, 1.165) is 11.3 Å². The SMILES string of the molecule is CC(C)C(=O)Nc1ccc2c(c1)CN(CCOc1ccccc1)C(=O)C(C)O2. The van der Waals surface area contributed by atoms with Gasteiger partial charge in [-0.1, -0.05) is 32.0 Å². The van der Waals surface area contributed by atoms with Crippen LogP contribution in [0.25, 0.3) is 0 Å². The molecule has 1 N–H and O–H groups in total. The zero-order valence-corrected chi connectivity index (χ0v) is 16.5. The molecule has 28 heavy (non-hydrogen) atoms. The zero-order chi connectivity index (χ0) is 20.1. The van der Waals surface area contributed by atoms with Gasteiger partial charge in [0.2, 0.25) is 5.91 Å². The smallest absolute Gasteiger partial charge is 0.263 e. The number of nitrogens with one attached hydrogen (secondary N) is 1. The number of carbonyl (C=O) groups is 2. The first-order valence-electron chi connectivity index (χ1n) is 9.51.